The molecule has 9 nitrogen and oxygen atoms in total. The van der Waals surface area contributed by atoms with Crippen molar-refractivity contribution in [1.82, 2.24) is 16.0 Å². The molecule has 3 atom stereocenters. The largest absolute Gasteiger partial charge is 0.497 e. The summed E-state index contributed by atoms with van der Waals surface area (Å²) in [5.41, 5.74) is -0.667. The summed E-state index contributed by atoms with van der Waals surface area (Å²) in [5.74, 6) is -11.3. The zero-order valence-corrected chi connectivity index (χ0v) is 23.5. The van der Waals surface area contributed by atoms with E-state index in [-0.39, 0.29) is 17.9 Å². The van der Waals surface area contributed by atoms with Crippen molar-refractivity contribution < 1.29 is 50.6 Å². The molecular weight excluding hydrogens is 569 g/mol. The maximum atomic E-state index is 15.1. The number of para-hydroxylation sites is 1. The molecule has 230 valence electrons. The summed E-state index contributed by atoms with van der Waals surface area (Å²) in [6.45, 7) is 5.27. The van der Waals surface area contributed by atoms with Crippen LogP contribution in [0.2, 0.25) is 0 Å². The minimum Gasteiger partial charge on any atom is -0.497 e. The molecule has 42 heavy (non-hydrogen) atoms. The molecule has 0 fully saturated rings. The van der Waals surface area contributed by atoms with E-state index < -0.39 is 65.2 Å². The Morgan fingerprint density at radius 1 is 0.833 bits per heavy atom. The number of halogens is 5. The predicted octanol–water partition coefficient (Wildman–Crippen LogP) is 3.82. The molecule has 0 bridgehead atoms. The fourth-order valence-corrected chi connectivity index (χ4v) is 3.79. The van der Waals surface area contributed by atoms with Crippen LogP contribution >= 0.6 is 0 Å². The van der Waals surface area contributed by atoms with Crippen molar-refractivity contribution in [3.05, 3.63) is 59.7 Å². The van der Waals surface area contributed by atoms with Crippen LogP contribution in [0.25, 0.3) is 0 Å². The van der Waals surface area contributed by atoms with Crippen LogP contribution < -0.4 is 25.4 Å². The minimum absolute atomic E-state index is 0.0502. The predicted molar refractivity (Wildman–Crippen MR) is 141 cm³/mol. The Kier molecular flexibility index (Phi) is 11.4. The summed E-state index contributed by atoms with van der Waals surface area (Å²) >= 11 is 0. The van der Waals surface area contributed by atoms with Gasteiger partial charge in [0.25, 0.3) is 11.7 Å². The molecule has 2 aromatic rings. The molecule has 2 rings (SSSR count). The van der Waals surface area contributed by atoms with Gasteiger partial charge >= 0.3 is 12.1 Å². The number of rotatable bonds is 13. The van der Waals surface area contributed by atoms with Crippen molar-refractivity contribution in [2.24, 2.45) is 5.92 Å². The zero-order valence-electron chi connectivity index (χ0n) is 23.5. The van der Waals surface area contributed by atoms with E-state index >= 15 is 8.78 Å². The summed E-state index contributed by atoms with van der Waals surface area (Å²) < 4.78 is 79.8. The van der Waals surface area contributed by atoms with Crippen LogP contribution in [-0.4, -0.2) is 55.5 Å². The first-order valence-corrected chi connectivity index (χ1v) is 12.8. The van der Waals surface area contributed by atoms with Gasteiger partial charge in [0.15, 0.2) is 0 Å². The molecule has 0 spiro atoms. The number of amides is 3. The molecule has 0 unspecified atom stereocenters. The van der Waals surface area contributed by atoms with Crippen LogP contribution in [0.1, 0.15) is 44.9 Å². The number of ketones is 1. The number of carbonyl (C=O) groups is 4. The lowest BCUT2D eigenvalue weighted by atomic mass is 9.97. The van der Waals surface area contributed by atoms with Gasteiger partial charge in [0.2, 0.25) is 11.8 Å². The minimum atomic E-state index is -5.24. The highest BCUT2D eigenvalue weighted by atomic mass is 19.4. The zero-order chi connectivity index (χ0) is 31.8. The number of ether oxygens (including phenoxy) is 2. The van der Waals surface area contributed by atoms with Gasteiger partial charge in [-0.1, -0.05) is 38.1 Å². The summed E-state index contributed by atoms with van der Waals surface area (Å²) in [7, 11) is 1.36. The third-order valence-corrected chi connectivity index (χ3v) is 6.08. The average Bonchev–Trinajstić information content (AvgIpc) is 2.93. The lowest BCUT2D eigenvalue weighted by molar-refractivity contribution is -0.175. The molecular formula is C28H32F5N3O6. The highest BCUT2D eigenvalue weighted by Crippen LogP contribution is 2.35. The molecule has 3 N–H and O–H groups in total. The normalized spacial score (nSPS) is 13.9. The van der Waals surface area contributed by atoms with Gasteiger partial charge in [0.1, 0.15) is 23.6 Å². The topological polar surface area (TPSA) is 123 Å². The molecule has 0 radical (unpaired) electrons. The number of hydrogen-bond acceptors (Lipinski definition) is 6. The van der Waals surface area contributed by atoms with Crippen molar-refractivity contribution in [1.29, 1.82) is 0 Å². The van der Waals surface area contributed by atoms with Crippen molar-refractivity contribution >= 4 is 23.5 Å². The first kappa shape index (κ1) is 34.0. The summed E-state index contributed by atoms with van der Waals surface area (Å²) in [6.07, 6.45) is -5.24. The fraction of sp³-hybridized carbons (Fsp3) is 0.429. The Morgan fingerprint density at radius 3 is 1.95 bits per heavy atom. The molecule has 0 aliphatic carbocycles. The monoisotopic (exact) mass is 601 g/mol. The first-order valence-electron chi connectivity index (χ1n) is 12.8. The maximum absolute atomic E-state index is 15.1. The Bertz CT molecular complexity index is 1270. The van der Waals surface area contributed by atoms with Crippen molar-refractivity contribution in [3.63, 3.8) is 0 Å². The van der Waals surface area contributed by atoms with Crippen LogP contribution in [0.4, 0.5) is 22.0 Å². The molecule has 3 amide bonds. The van der Waals surface area contributed by atoms with Crippen LogP contribution in [0.15, 0.2) is 48.5 Å². The maximum Gasteiger partial charge on any atom is 0.452 e. The van der Waals surface area contributed by atoms with E-state index in [0.717, 1.165) is 13.0 Å². The van der Waals surface area contributed by atoms with Gasteiger partial charge in [-0.05, 0) is 49.6 Å². The van der Waals surface area contributed by atoms with Gasteiger partial charge in [-0.3, -0.25) is 19.2 Å². The number of carbonyl (C=O) groups excluding carboxylic acids is 4. The molecule has 0 heterocycles. The smallest absolute Gasteiger partial charge is 0.452 e. The van der Waals surface area contributed by atoms with Gasteiger partial charge in [0.05, 0.1) is 25.3 Å². The van der Waals surface area contributed by atoms with Crippen LogP contribution in [0.5, 0.6) is 11.5 Å². The second kappa shape index (κ2) is 14.1. The quantitative estimate of drug-likeness (QED) is 0.300. The van der Waals surface area contributed by atoms with E-state index in [1.807, 2.05) is 10.6 Å². The first-order chi connectivity index (χ1) is 19.5. The molecule has 14 heteroatoms. The van der Waals surface area contributed by atoms with Gasteiger partial charge < -0.3 is 25.4 Å². The van der Waals surface area contributed by atoms with Gasteiger partial charge in [-0.2, -0.15) is 22.0 Å². The summed E-state index contributed by atoms with van der Waals surface area (Å²) in [6, 6.07) is 5.16. The van der Waals surface area contributed by atoms with E-state index in [0.29, 0.717) is 5.75 Å². The molecule has 0 aromatic heterocycles. The summed E-state index contributed by atoms with van der Waals surface area (Å²) in [4.78, 5) is 50.7. The average molecular weight is 602 g/mol. The highest BCUT2D eigenvalue weighted by molar-refractivity contribution is 5.97. The Morgan fingerprint density at radius 2 is 1.43 bits per heavy atom. The SMILES string of the molecule is CCOc1ccccc1C(F)(F)C(=O)N[C@@H](C)C(=O)N[C@H](C(=O)N[C@H](C(=O)C(F)(F)F)C(C)C)c1ccc(OC)cc1. The van der Waals surface area contributed by atoms with E-state index in [4.69, 9.17) is 9.47 Å². The molecule has 0 saturated heterocycles. The molecule has 0 aliphatic rings. The standard InChI is InChI=1S/C28H32F5N3O6/c1-6-42-20-10-8-7-9-19(20)27(29,30)26(40)34-16(4)24(38)36-22(17-11-13-18(41-5)14-12-17)25(39)35-21(15(2)3)23(37)28(31,32)33/h7-16,21-22H,6H2,1-5H3,(H,34,40)(H,35,39)(H,36,38)/t16-,21-,22-/m0/s1. The van der Waals surface area contributed by atoms with Crippen molar-refractivity contribution in [3.8, 4) is 11.5 Å². The lowest BCUT2D eigenvalue weighted by Gasteiger charge is -2.27. The number of methoxy groups -OCH3 is 1. The Balaban J connectivity index is 2.31. The van der Waals surface area contributed by atoms with Crippen LogP contribution in [0.3, 0.4) is 0 Å². The van der Waals surface area contributed by atoms with Crippen LogP contribution in [-0.2, 0) is 25.1 Å². The van der Waals surface area contributed by atoms with Gasteiger partial charge in [0, 0.05) is 0 Å². The number of nitrogens with one attached hydrogen (secondary N) is 3. The van der Waals surface area contributed by atoms with Crippen molar-refractivity contribution in [2.45, 2.75) is 57.9 Å². The second-order valence-electron chi connectivity index (χ2n) is 9.51. The fourth-order valence-electron chi connectivity index (χ4n) is 3.79. The lowest BCUT2D eigenvalue weighted by Crippen LogP contribution is -2.55. The van der Waals surface area contributed by atoms with E-state index in [1.54, 1.807) is 6.92 Å². The Hall–Kier alpha value is -4.23. The highest BCUT2D eigenvalue weighted by Gasteiger charge is 2.46. The van der Waals surface area contributed by atoms with E-state index in [1.165, 1.54) is 63.4 Å². The van der Waals surface area contributed by atoms with Crippen LogP contribution in [0, 0.1) is 5.92 Å². The summed E-state index contributed by atoms with van der Waals surface area (Å²) in [5, 5.41) is 6.16. The Labute approximate surface area is 239 Å². The van der Waals surface area contributed by atoms with Gasteiger partial charge in [-0.25, -0.2) is 0 Å². The van der Waals surface area contributed by atoms with Crippen molar-refractivity contribution in [2.75, 3.05) is 13.7 Å². The number of benzene rings is 2. The number of Topliss-reactive ketones (excluding diaryl/α,β-unsaturated/α-hetero) is 1. The number of hydrogen-bond donors (Lipinski definition) is 3. The molecule has 0 aliphatic heterocycles. The third kappa shape index (κ3) is 8.40. The van der Waals surface area contributed by atoms with E-state index in [9.17, 15) is 32.3 Å². The number of alkyl halides is 5. The second-order valence-corrected chi connectivity index (χ2v) is 9.51. The molecule has 2 aromatic carbocycles. The third-order valence-electron chi connectivity index (χ3n) is 6.08. The molecule has 0 saturated carbocycles. The van der Waals surface area contributed by atoms with E-state index in [2.05, 4.69) is 5.32 Å². The van der Waals surface area contributed by atoms with Gasteiger partial charge in [-0.15, -0.1) is 0 Å².